The standard InChI is InChI=1S/2C64H42N2O/c1-2-13-54-47(11-1)12-9-17-55(54)48-27-23-43(24-28-48)45-31-35-50(36-32-45)65(52-39-41-53(42-40-52)66-61-20-6-3-14-57(61)58-15-4-7-21-62(58)66)51-37-33-46(34-38-51)44-25-29-49(30-26-44)56-18-10-19-60-59-16-5-8-22-63(59)67-64(56)60;1-2-11-50-42-51(29-26-43(50)10-1)48-22-20-44(21-23-48)46-30-34-52(35-31-46)65(54-38-40-55(41-39-54)66-61-17-6-3-12-57(61)58-13-4-7-18-62(58)66)53-36-32-47(33-37-53)45-24-27-49(28-25-45)56-15-9-16-60-59-14-5-8-19-63(59)67-64(56)60/h2*1-42H. The summed E-state index contributed by atoms with van der Waals surface area (Å²) in [5, 5.41) is 14.6. The van der Waals surface area contributed by atoms with Gasteiger partial charge >= 0.3 is 0 Å². The van der Waals surface area contributed by atoms with E-state index in [1.807, 2.05) is 24.3 Å². The Bertz CT molecular complexity index is 8800. The van der Waals surface area contributed by atoms with Crippen LogP contribution in [0.3, 0.4) is 0 Å². The van der Waals surface area contributed by atoms with E-state index >= 15 is 0 Å². The number of para-hydroxylation sites is 8. The zero-order valence-electron chi connectivity index (χ0n) is 73.1. The predicted octanol–water partition coefficient (Wildman–Crippen LogP) is 35.9. The van der Waals surface area contributed by atoms with E-state index in [2.05, 4.69) is 504 Å². The Kier molecular flexibility index (Phi) is 19.5. The van der Waals surface area contributed by atoms with Gasteiger partial charge in [-0.15, -0.1) is 0 Å². The molecule has 6 heteroatoms. The van der Waals surface area contributed by atoms with Crippen molar-refractivity contribution in [3.8, 4) is 100 Å². The molecule has 0 radical (unpaired) electrons. The lowest BCUT2D eigenvalue weighted by molar-refractivity contribution is 0.669. The van der Waals surface area contributed by atoms with Gasteiger partial charge < -0.3 is 27.8 Å². The molecule has 0 saturated heterocycles. The maximum atomic E-state index is 6.37. The monoisotopic (exact) mass is 1710 g/mol. The van der Waals surface area contributed by atoms with Gasteiger partial charge in [-0.1, -0.05) is 370 Å². The molecule has 0 aliphatic carbocycles. The molecule has 628 valence electrons. The summed E-state index contributed by atoms with van der Waals surface area (Å²) in [6.07, 6.45) is 0. The Morgan fingerprint density at radius 2 is 0.388 bits per heavy atom. The second-order valence-electron chi connectivity index (χ2n) is 34.6. The summed E-state index contributed by atoms with van der Waals surface area (Å²) in [5.74, 6) is 0. The first kappa shape index (κ1) is 78.4. The third-order valence-corrected chi connectivity index (χ3v) is 26.9. The molecule has 0 saturated carbocycles. The zero-order valence-corrected chi connectivity index (χ0v) is 73.1. The van der Waals surface area contributed by atoms with E-state index in [0.29, 0.717) is 0 Å². The van der Waals surface area contributed by atoms with Gasteiger partial charge in [0.25, 0.3) is 0 Å². The second kappa shape index (κ2) is 33.3. The smallest absolute Gasteiger partial charge is 0.143 e. The molecule has 134 heavy (non-hydrogen) atoms. The number of fused-ring (bicyclic) bond motifs is 14. The van der Waals surface area contributed by atoms with Crippen molar-refractivity contribution in [1.29, 1.82) is 0 Å². The van der Waals surface area contributed by atoms with Gasteiger partial charge in [0.15, 0.2) is 0 Å². The third-order valence-electron chi connectivity index (χ3n) is 26.9. The molecule has 0 aliphatic rings. The highest BCUT2D eigenvalue weighted by atomic mass is 16.3. The van der Waals surface area contributed by atoms with Crippen molar-refractivity contribution in [3.05, 3.63) is 510 Å². The summed E-state index contributed by atoms with van der Waals surface area (Å²) in [6.45, 7) is 0. The Balaban J connectivity index is 0.000000143. The maximum Gasteiger partial charge on any atom is 0.143 e. The largest absolute Gasteiger partial charge is 0.455 e. The molecule has 0 N–H and O–H groups in total. The normalized spacial score (nSPS) is 11.6. The molecular weight excluding hydrogens is 1630 g/mol. The van der Waals surface area contributed by atoms with E-state index in [0.717, 1.165) is 134 Å². The van der Waals surface area contributed by atoms with Crippen LogP contribution in [-0.2, 0) is 0 Å². The van der Waals surface area contributed by atoms with E-state index in [1.54, 1.807) is 0 Å². The van der Waals surface area contributed by atoms with Crippen LogP contribution in [-0.4, -0.2) is 9.13 Å². The minimum Gasteiger partial charge on any atom is -0.455 e. The number of anilines is 6. The molecule has 26 aromatic rings. The number of furan rings is 2. The van der Waals surface area contributed by atoms with Crippen molar-refractivity contribution in [3.63, 3.8) is 0 Å². The molecule has 0 unspecified atom stereocenters. The molecule has 0 aliphatic heterocycles. The molecule has 4 aromatic heterocycles. The lowest BCUT2D eigenvalue weighted by atomic mass is 9.96. The number of nitrogens with zero attached hydrogens (tertiary/aromatic N) is 4. The van der Waals surface area contributed by atoms with Gasteiger partial charge in [-0.25, -0.2) is 0 Å². The Hall–Kier alpha value is -17.8. The Labute approximate surface area is 775 Å². The van der Waals surface area contributed by atoms with E-state index in [-0.39, 0.29) is 0 Å². The fourth-order valence-corrected chi connectivity index (χ4v) is 20.2. The number of benzene rings is 22. The summed E-state index contributed by atoms with van der Waals surface area (Å²) in [5.41, 5.74) is 35.9. The molecule has 0 fully saturated rings. The van der Waals surface area contributed by atoms with Crippen LogP contribution in [0.4, 0.5) is 34.1 Å². The molecule has 4 heterocycles. The molecule has 0 amide bonds. The van der Waals surface area contributed by atoms with E-state index in [4.69, 9.17) is 8.83 Å². The molecule has 26 rings (SSSR count). The first-order valence-electron chi connectivity index (χ1n) is 45.8. The number of hydrogen-bond acceptors (Lipinski definition) is 4. The summed E-state index contributed by atoms with van der Waals surface area (Å²) in [4.78, 5) is 4.70. The van der Waals surface area contributed by atoms with Crippen molar-refractivity contribution in [1.82, 2.24) is 9.13 Å². The van der Waals surface area contributed by atoms with Crippen LogP contribution in [0.5, 0.6) is 0 Å². The van der Waals surface area contributed by atoms with Crippen molar-refractivity contribution < 1.29 is 8.83 Å². The van der Waals surface area contributed by atoms with Crippen LogP contribution in [0.15, 0.2) is 518 Å². The fourth-order valence-electron chi connectivity index (χ4n) is 20.2. The summed E-state index contributed by atoms with van der Waals surface area (Å²) in [7, 11) is 0. The van der Waals surface area contributed by atoms with Gasteiger partial charge in [-0.2, -0.15) is 0 Å². The fraction of sp³-hybridized carbons (Fsp3) is 0. The molecule has 6 nitrogen and oxygen atoms in total. The van der Waals surface area contributed by atoms with Crippen LogP contribution < -0.4 is 9.80 Å². The summed E-state index contributed by atoms with van der Waals surface area (Å²) >= 11 is 0. The first-order chi connectivity index (χ1) is 66.4. The second-order valence-corrected chi connectivity index (χ2v) is 34.6. The van der Waals surface area contributed by atoms with Gasteiger partial charge in [0.05, 0.1) is 22.1 Å². The van der Waals surface area contributed by atoms with Crippen molar-refractivity contribution in [2.75, 3.05) is 9.80 Å². The summed E-state index contributed by atoms with van der Waals surface area (Å²) in [6, 6.07) is 184. The van der Waals surface area contributed by atoms with Crippen LogP contribution in [0.2, 0.25) is 0 Å². The minimum absolute atomic E-state index is 0.911. The Morgan fingerprint density at radius 3 is 0.754 bits per heavy atom. The van der Waals surface area contributed by atoms with E-state index < -0.39 is 0 Å². The van der Waals surface area contributed by atoms with Crippen molar-refractivity contribution in [2.45, 2.75) is 0 Å². The molecule has 0 bridgehead atoms. The van der Waals surface area contributed by atoms with E-state index in [1.165, 1.54) is 110 Å². The van der Waals surface area contributed by atoms with Crippen LogP contribution in [0, 0.1) is 0 Å². The summed E-state index contributed by atoms with van der Waals surface area (Å²) < 4.78 is 17.5. The van der Waals surface area contributed by atoms with Gasteiger partial charge in [0, 0.05) is 99.7 Å². The topological polar surface area (TPSA) is 42.6 Å². The highest BCUT2D eigenvalue weighted by Gasteiger charge is 2.22. The Morgan fingerprint density at radius 1 is 0.149 bits per heavy atom. The predicted molar refractivity (Wildman–Crippen MR) is 564 cm³/mol. The van der Waals surface area contributed by atoms with Gasteiger partial charge in [-0.05, 0) is 239 Å². The third kappa shape index (κ3) is 14.2. The molecule has 22 aromatic carbocycles. The number of hydrogen-bond donors (Lipinski definition) is 0. The van der Waals surface area contributed by atoms with Gasteiger partial charge in [-0.3, -0.25) is 0 Å². The zero-order chi connectivity index (χ0) is 88.5. The molecule has 0 spiro atoms. The lowest BCUT2D eigenvalue weighted by Gasteiger charge is -2.26. The van der Waals surface area contributed by atoms with Crippen LogP contribution in [0.1, 0.15) is 0 Å². The highest BCUT2D eigenvalue weighted by molar-refractivity contribution is 6.13. The lowest BCUT2D eigenvalue weighted by Crippen LogP contribution is -2.10. The van der Waals surface area contributed by atoms with Gasteiger partial charge in [0.2, 0.25) is 0 Å². The maximum absolute atomic E-state index is 6.37. The van der Waals surface area contributed by atoms with Gasteiger partial charge in [0.1, 0.15) is 22.3 Å². The average molecular weight is 1710 g/mol. The quantitative estimate of drug-likeness (QED) is 0.0967. The van der Waals surface area contributed by atoms with Crippen molar-refractivity contribution >= 4 is 143 Å². The first-order valence-corrected chi connectivity index (χ1v) is 45.8. The molecule has 0 atom stereocenters. The minimum atomic E-state index is 0.911. The van der Waals surface area contributed by atoms with Crippen molar-refractivity contribution in [2.24, 2.45) is 0 Å². The number of rotatable bonds is 16. The number of aromatic nitrogens is 2. The highest BCUT2D eigenvalue weighted by Crippen LogP contribution is 2.46. The van der Waals surface area contributed by atoms with Crippen LogP contribution in [0.25, 0.3) is 209 Å². The molecular formula is C128H84N4O2. The van der Waals surface area contributed by atoms with Crippen LogP contribution >= 0.6 is 0 Å². The SMILES string of the molecule is c1ccc2c(-c3ccc(-c4ccc(N(c5ccc(-c6ccc(-c7cccc8c7oc7ccccc78)cc6)cc5)c5ccc(-n6c7ccccc7c7ccccc76)cc5)cc4)cc3)cccc2c1.c1ccc2cc(-c3ccc(-c4ccc(N(c5ccc(-c6ccc(-c7cccc8c7oc7ccccc78)cc6)cc5)c5ccc(-n6c7ccccc7c7ccccc76)cc5)cc4)cc3)ccc2c1. The van der Waals surface area contributed by atoms with E-state index in [9.17, 15) is 0 Å². The average Bonchev–Trinajstić information content (AvgIpc) is 1.42.